The minimum Gasteiger partial charge on any atom is -0.457 e. The van der Waals surface area contributed by atoms with Crippen molar-refractivity contribution in [1.29, 1.82) is 0 Å². The van der Waals surface area contributed by atoms with E-state index in [0.717, 1.165) is 34.9 Å². The molecule has 4 aromatic rings. The third-order valence-electron chi connectivity index (χ3n) is 7.60. The van der Waals surface area contributed by atoms with Crippen molar-refractivity contribution < 1.29 is 28.2 Å². The Morgan fingerprint density at radius 1 is 0.978 bits per heavy atom. The first kappa shape index (κ1) is 32.2. The summed E-state index contributed by atoms with van der Waals surface area (Å²) in [5.74, 6) is 1.09. The number of hydrogen-bond donors (Lipinski definition) is 2. The van der Waals surface area contributed by atoms with Crippen molar-refractivity contribution in [2.45, 2.75) is 46.1 Å². The van der Waals surface area contributed by atoms with Gasteiger partial charge in [0.1, 0.15) is 22.9 Å². The van der Waals surface area contributed by atoms with E-state index in [1.165, 1.54) is 12.1 Å². The zero-order chi connectivity index (χ0) is 32.9. The highest BCUT2D eigenvalue weighted by Crippen LogP contribution is 2.45. The van der Waals surface area contributed by atoms with Gasteiger partial charge in [0.05, 0.1) is 5.52 Å². The lowest BCUT2D eigenvalue weighted by Crippen LogP contribution is -2.35. The molecule has 238 valence electrons. The average molecular weight is 625 g/mol. The highest BCUT2D eigenvalue weighted by atomic mass is 19.1. The van der Waals surface area contributed by atoms with E-state index in [4.69, 9.17) is 9.47 Å². The third-order valence-corrected chi connectivity index (χ3v) is 7.60. The molecule has 0 radical (unpaired) electrons. The average Bonchev–Trinajstić information content (AvgIpc) is 3.58. The molecule has 46 heavy (non-hydrogen) atoms. The summed E-state index contributed by atoms with van der Waals surface area (Å²) in [6.07, 6.45) is 5.96. The number of amides is 3. The van der Waals surface area contributed by atoms with Gasteiger partial charge in [0.25, 0.3) is 0 Å². The fraction of sp³-hybridized carbons (Fsp3) is 0.278. The number of fused-ring (bicyclic) bond motifs is 1. The maximum absolute atomic E-state index is 12.6. The number of carbonyl (C=O) groups is 3. The van der Waals surface area contributed by atoms with E-state index in [-0.39, 0.29) is 23.2 Å². The van der Waals surface area contributed by atoms with Gasteiger partial charge in [-0.3, -0.25) is 14.6 Å². The van der Waals surface area contributed by atoms with Gasteiger partial charge >= 0.3 is 6.09 Å². The van der Waals surface area contributed by atoms with Crippen LogP contribution in [0.4, 0.5) is 20.6 Å². The van der Waals surface area contributed by atoms with Crippen LogP contribution in [0.5, 0.6) is 11.5 Å². The molecule has 0 bridgehead atoms. The summed E-state index contributed by atoms with van der Waals surface area (Å²) in [5.41, 5.74) is 3.52. The molecular formula is C36H37FN4O5. The highest BCUT2D eigenvalue weighted by molar-refractivity contribution is 5.96. The van der Waals surface area contributed by atoms with Crippen LogP contribution < -0.4 is 15.4 Å². The first-order chi connectivity index (χ1) is 21.9. The quantitative estimate of drug-likeness (QED) is 0.203. The van der Waals surface area contributed by atoms with Crippen molar-refractivity contribution in [3.8, 4) is 11.5 Å². The number of pyridine rings is 1. The van der Waals surface area contributed by atoms with Crippen molar-refractivity contribution in [2.75, 3.05) is 23.7 Å². The lowest BCUT2D eigenvalue weighted by Gasteiger charge is -2.24. The first-order valence-electron chi connectivity index (χ1n) is 15.0. The van der Waals surface area contributed by atoms with Crippen molar-refractivity contribution in [2.24, 2.45) is 5.41 Å². The van der Waals surface area contributed by atoms with E-state index < -0.39 is 5.60 Å². The molecule has 3 aromatic carbocycles. The van der Waals surface area contributed by atoms with E-state index >= 15 is 0 Å². The molecular weight excluding hydrogens is 587 g/mol. The molecule has 0 spiro atoms. The number of halogens is 1. The Morgan fingerprint density at radius 2 is 1.67 bits per heavy atom. The number of anilines is 2. The topological polar surface area (TPSA) is 110 Å². The molecule has 0 unspecified atom stereocenters. The summed E-state index contributed by atoms with van der Waals surface area (Å²) in [4.78, 5) is 40.6. The number of nitrogens with zero attached hydrogens (tertiary/aromatic N) is 2. The number of rotatable bonds is 7. The van der Waals surface area contributed by atoms with Gasteiger partial charge in [0.15, 0.2) is 0 Å². The standard InChI is InChI=1S/C25H25N3O4.C11H12FNO/c1-25(2,3)32-24(30)28-13-11-18(15-28)17-4-9-21-22(14-17)26-12-10-23(21)31-20-7-5-19(6-8-20)27-16-29;1-11(6-7-11)10(14)13-9-4-2-8(12)3-5-9/h4-12,14,16H,13,15H2,1-3H3,(H,27,29);2-5H,6-7H2,1H3,(H,13,14). The molecule has 0 atom stereocenters. The molecule has 3 amide bonds. The SMILES string of the molecule is CC(C)(C)OC(=O)N1CC=C(c2ccc3c(Oc4ccc(NC=O)cc4)ccnc3c2)C1.CC1(C(=O)Nc2ccc(F)cc2)CC1. The lowest BCUT2D eigenvalue weighted by molar-refractivity contribution is -0.120. The summed E-state index contributed by atoms with van der Waals surface area (Å²) in [5, 5.41) is 6.25. The highest BCUT2D eigenvalue weighted by Gasteiger charge is 2.44. The second kappa shape index (κ2) is 13.4. The van der Waals surface area contributed by atoms with E-state index in [0.29, 0.717) is 42.4 Å². The van der Waals surface area contributed by atoms with Gasteiger partial charge in [-0.1, -0.05) is 19.1 Å². The van der Waals surface area contributed by atoms with Crippen LogP contribution in [0.25, 0.3) is 16.5 Å². The zero-order valence-electron chi connectivity index (χ0n) is 26.3. The van der Waals surface area contributed by atoms with E-state index in [1.54, 1.807) is 47.5 Å². The summed E-state index contributed by atoms with van der Waals surface area (Å²) in [7, 11) is 0. The maximum atomic E-state index is 12.6. The Bertz CT molecular complexity index is 1760. The predicted octanol–water partition coefficient (Wildman–Crippen LogP) is 7.79. The van der Waals surface area contributed by atoms with Crippen LogP contribution in [0.1, 0.15) is 46.1 Å². The van der Waals surface area contributed by atoms with Crippen LogP contribution in [-0.2, 0) is 14.3 Å². The number of carbonyl (C=O) groups excluding carboxylic acids is 3. The van der Waals surface area contributed by atoms with Crippen LogP contribution >= 0.6 is 0 Å². The van der Waals surface area contributed by atoms with Gasteiger partial charge in [0.2, 0.25) is 12.3 Å². The molecule has 1 fully saturated rings. The number of hydrogen-bond acceptors (Lipinski definition) is 6. The Kier molecular flexibility index (Phi) is 9.36. The van der Waals surface area contributed by atoms with Crippen LogP contribution in [0, 0.1) is 11.2 Å². The minimum atomic E-state index is -0.519. The lowest BCUT2D eigenvalue weighted by atomic mass is 10.0. The molecule has 2 heterocycles. The third kappa shape index (κ3) is 8.26. The fourth-order valence-electron chi connectivity index (χ4n) is 4.68. The van der Waals surface area contributed by atoms with Crippen molar-refractivity contribution in [1.82, 2.24) is 9.88 Å². The van der Waals surface area contributed by atoms with Gasteiger partial charge in [-0.2, -0.15) is 0 Å². The van der Waals surface area contributed by atoms with Crippen molar-refractivity contribution in [3.63, 3.8) is 0 Å². The molecule has 1 aliphatic carbocycles. The Balaban J connectivity index is 0.000000247. The van der Waals surface area contributed by atoms with Crippen molar-refractivity contribution in [3.05, 3.63) is 96.4 Å². The largest absolute Gasteiger partial charge is 0.457 e. The van der Waals surface area contributed by atoms with Crippen molar-refractivity contribution >= 4 is 46.3 Å². The Hall–Kier alpha value is -5.25. The molecule has 1 aliphatic heterocycles. The van der Waals surface area contributed by atoms with Crippen LogP contribution in [0.15, 0.2) is 85.1 Å². The molecule has 1 saturated carbocycles. The molecule has 10 heteroatoms. The predicted molar refractivity (Wildman–Crippen MR) is 176 cm³/mol. The van der Waals surface area contributed by atoms with Crippen LogP contribution in [-0.4, -0.2) is 47.0 Å². The molecule has 9 nitrogen and oxygen atoms in total. The van der Waals surface area contributed by atoms with E-state index in [1.807, 2.05) is 58.0 Å². The number of benzene rings is 3. The van der Waals surface area contributed by atoms with Crippen LogP contribution in [0.3, 0.4) is 0 Å². The van der Waals surface area contributed by atoms with Gasteiger partial charge in [0, 0.05) is 41.5 Å². The molecule has 1 aromatic heterocycles. The number of aromatic nitrogens is 1. The number of ether oxygens (including phenoxy) is 2. The van der Waals surface area contributed by atoms with Gasteiger partial charge in [-0.05, 0) is 111 Å². The number of nitrogens with one attached hydrogen (secondary N) is 2. The van der Waals surface area contributed by atoms with Gasteiger partial charge < -0.3 is 25.0 Å². The van der Waals surface area contributed by atoms with Gasteiger partial charge in [-0.15, -0.1) is 0 Å². The molecule has 2 aliphatic rings. The Labute approximate surface area is 267 Å². The van der Waals surface area contributed by atoms with E-state index in [2.05, 4.69) is 15.6 Å². The smallest absolute Gasteiger partial charge is 0.410 e. The molecule has 2 N–H and O–H groups in total. The van der Waals surface area contributed by atoms with E-state index in [9.17, 15) is 18.8 Å². The van der Waals surface area contributed by atoms with Crippen LogP contribution in [0.2, 0.25) is 0 Å². The molecule has 0 saturated heterocycles. The summed E-state index contributed by atoms with van der Waals surface area (Å²) >= 11 is 0. The summed E-state index contributed by atoms with van der Waals surface area (Å²) in [6, 6.07) is 20.8. The second-order valence-electron chi connectivity index (χ2n) is 12.5. The minimum absolute atomic E-state index is 0.0316. The normalized spacial score (nSPS) is 14.8. The fourth-order valence-corrected chi connectivity index (χ4v) is 4.68. The Morgan fingerprint density at radius 3 is 2.33 bits per heavy atom. The summed E-state index contributed by atoms with van der Waals surface area (Å²) in [6.45, 7) is 8.54. The summed E-state index contributed by atoms with van der Waals surface area (Å²) < 4.78 is 24.1. The van der Waals surface area contributed by atoms with Gasteiger partial charge in [-0.25, -0.2) is 9.18 Å². The zero-order valence-corrected chi connectivity index (χ0v) is 26.3. The molecule has 6 rings (SSSR count). The monoisotopic (exact) mass is 624 g/mol. The maximum Gasteiger partial charge on any atom is 0.410 e. The second-order valence-corrected chi connectivity index (χ2v) is 12.5. The first-order valence-corrected chi connectivity index (χ1v) is 15.0.